The quantitative estimate of drug-likeness (QED) is 0.332. The van der Waals surface area contributed by atoms with Gasteiger partial charge in [0.1, 0.15) is 5.82 Å². The molecular weight excluding hydrogens is 413 g/mol. The summed E-state index contributed by atoms with van der Waals surface area (Å²) >= 11 is 0. The average molecular weight is 431 g/mol. The van der Waals surface area contributed by atoms with Crippen molar-refractivity contribution in [3.63, 3.8) is 0 Å². The lowest BCUT2D eigenvalue weighted by Gasteiger charge is -2.10. The zero-order valence-corrected chi connectivity index (χ0v) is 17.3. The van der Waals surface area contributed by atoms with Crippen molar-refractivity contribution in [3.05, 3.63) is 100 Å². The lowest BCUT2D eigenvalue weighted by molar-refractivity contribution is -0.129. The molecule has 0 saturated heterocycles. The van der Waals surface area contributed by atoms with E-state index in [1.165, 1.54) is 31.4 Å². The predicted molar refractivity (Wildman–Crippen MR) is 116 cm³/mol. The van der Waals surface area contributed by atoms with E-state index in [0.29, 0.717) is 16.9 Å². The normalized spacial score (nSPS) is 14.2. The largest absolute Gasteiger partial charge is 0.493 e. The summed E-state index contributed by atoms with van der Waals surface area (Å²) in [5.74, 6) is -1.34. The lowest BCUT2D eigenvalue weighted by atomic mass is 10.1. The maximum absolute atomic E-state index is 14.0. The minimum Gasteiger partial charge on any atom is -0.493 e. The van der Waals surface area contributed by atoms with Gasteiger partial charge in [0.2, 0.25) is 5.90 Å². The van der Waals surface area contributed by atoms with Gasteiger partial charge in [0, 0.05) is 0 Å². The maximum Gasteiger partial charge on any atom is 0.363 e. The number of esters is 2. The molecule has 0 fully saturated rings. The van der Waals surface area contributed by atoms with Crippen LogP contribution in [0.2, 0.25) is 0 Å². The number of aryl methyl sites for hydroxylation is 1. The molecule has 0 N–H and O–H groups in total. The first-order valence-corrected chi connectivity index (χ1v) is 9.69. The van der Waals surface area contributed by atoms with Gasteiger partial charge in [-0.3, -0.25) is 0 Å². The van der Waals surface area contributed by atoms with Crippen LogP contribution in [0.15, 0.2) is 77.4 Å². The Hall–Kier alpha value is -4.26. The topological polar surface area (TPSA) is 74.2 Å². The predicted octanol–water partition coefficient (Wildman–Crippen LogP) is 4.71. The van der Waals surface area contributed by atoms with Crippen molar-refractivity contribution in [1.82, 2.24) is 0 Å². The number of ether oxygens (including phenoxy) is 3. The van der Waals surface area contributed by atoms with E-state index in [9.17, 15) is 14.0 Å². The van der Waals surface area contributed by atoms with Gasteiger partial charge in [0.15, 0.2) is 17.2 Å². The molecule has 0 saturated carbocycles. The maximum atomic E-state index is 14.0. The van der Waals surface area contributed by atoms with Gasteiger partial charge >= 0.3 is 11.9 Å². The van der Waals surface area contributed by atoms with Crippen LogP contribution in [0, 0.1) is 12.7 Å². The van der Waals surface area contributed by atoms with Gasteiger partial charge in [0.25, 0.3) is 0 Å². The SMILES string of the molecule is COc1cc(/C=C2\N=C(c3ccccc3F)OC2=O)ccc1OC(=O)c1ccc(C)cc1. The van der Waals surface area contributed by atoms with Gasteiger partial charge < -0.3 is 14.2 Å². The highest BCUT2D eigenvalue weighted by molar-refractivity contribution is 6.13. The Bertz CT molecular complexity index is 1260. The monoisotopic (exact) mass is 431 g/mol. The zero-order chi connectivity index (χ0) is 22.7. The standard InChI is InChI=1S/C25H18FNO5/c1-15-7-10-17(11-8-15)24(28)31-21-12-9-16(14-22(21)30-2)13-20-25(29)32-23(27-20)18-5-3-4-6-19(18)26/h3-14H,1-2H3/b20-13-. The third-order valence-corrected chi connectivity index (χ3v) is 4.71. The first kappa shape index (κ1) is 21.0. The fourth-order valence-electron chi connectivity index (χ4n) is 3.02. The summed E-state index contributed by atoms with van der Waals surface area (Å²) in [5, 5.41) is 0. The molecular formula is C25H18FNO5. The first-order valence-electron chi connectivity index (χ1n) is 9.69. The Labute approximate surface area is 183 Å². The van der Waals surface area contributed by atoms with Crippen LogP contribution in [0.3, 0.4) is 0 Å². The molecule has 6 nitrogen and oxygen atoms in total. The summed E-state index contributed by atoms with van der Waals surface area (Å²) in [5.41, 5.74) is 2.10. The van der Waals surface area contributed by atoms with Crippen molar-refractivity contribution in [2.75, 3.05) is 7.11 Å². The van der Waals surface area contributed by atoms with Crippen LogP contribution >= 0.6 is 0 Å². The molecule has 32 heavy (non-hydrogen) atoms. The Balaban J connectivity index is 1.58. The number of carbonyl (C=O) groups excluding carboxylic acids is 2. The second kappa shape index (κ2) is 8.85. The average Bonchev–Trinajstić information content (AvgIpc) is 3.15. The van der Waals surface area contributed by atoms with Crippen molar-refractivity contribution < 1.29 is 28.2 Å². The van der Waals surface area contributed by atoms with E-state index in [4.69, 9.17) is 14.2 Å². The van der Waals surface area contributed by atoms with Crippen molar-refractivity contribution in [1.29, 1.82) is 0 Å². The smallest absolute Gasteiger partial charge is 0.363 e. The molecule has 3 aromatic carbocycles. The van der Waals surface area contributed by atoms with Crippen molar-refractivity contribution in [2.45, 2.75) is 6.92 Å². The molecule has 160 valence electrons. The highest BCUT2D eigenvalue weighted by Crippen LogP contribution is 2.30. The van der Waals surface area contributed by atoms with E-state index in [1.807, 2.05) is 19.1 Å². The highest BCUT2D eigenvalue weighted by Gasteiger charge is 2.26. The van der Waals surface area contributed by atoms with Crippen LogP contribution in [0.25, 0.3) is 6.08 Å². The third-order valence-electron chi connectivity index (χ3n) is 4.71. The molecule has 1 heterocycles. The lowest BCUT2D eigenvalue weighted by Crippen LogP contribution is -2.09. The Kier molecular flexibility index (Phi) is 5.81. The molecule has 1 aliphatic rings. The molecule has 0 aliphatic carbocycles. The van der Waals surface area contributed by atoms with Crippen LogP contribution in [0.5, 0.6) is 11.5 Å². The number of hydrogen-bond acceptors (Lipinski definition) is 6. The van der Waals surface area contributed by atoms with Gasteiger partial charge in [-0.25, -0.2) is 19.0 Å². The van der Waals surface area contributed by atoms with E-state index >= 15 is 0 Å². The number of aliphatic imine (C=N–C) groups is 1. The number of hydrogen-bond donors (Lipinski definition) is 0. The second-order valence-corrected chi connectivity index (χ2v) is 6.98. The number of nitrogens with zero attached hydrogens (tertiary/aromatic N) is 1. The Morgan fingerprint density at radius 3 is 2.50 bits per heavy atom. The molecule has 1 aliphatic heterocycles. The van der Waals surface area contributed by atoms with Gasteiger partial charge in [-0.15, -0.1) is 0 Å². The number of carbonyl (C=O) groups is 2. The molecule has 0 spiro atoms. The van der Waals surface area contributed by atoms with Crippen LogP contribution in [0.1, 0.15) is 27.0 Å². The molecule has 0 radical (unpaired) electrons. The van der Waals surface area contributed by atoms with Crippen molar-refractivity contribution in [2.24, 2.45) is 4.99 Å². The first-order chi connectivity index (χ1) is 15.4. The molecule has 0 unspecified atom stereocenters. The number of methoxy groups -OCH3 is 1. The third kappa shape index (κ3) is 4.41. The van der Waals surface area contributed by atoms with Gasteiger partial charge in [-0.1, -0.05) is 35.9 Å². The minimum atomic E-state index is -0.697. The van der Waals surface area contributed by atoms with E-state index < -0.39 is 17.8 Å². The van der Waals surface area contributed by atoms with Crippen LogP contribution in [0.4, 0.5) is 4.39 Å². The number of benzene rings is 3. The fourth-order valence-corrected chi connectivity index (χ4v) is 3.02. The van der Waals surface area contributed by atoms with E-state index in [2.05, 4.69) is 4.99 Å². The highest BCUT2D eigenvalue weighted by atomic mass is 19.1. The van der Waals surface area contributed by atoms with Gasteiger partial charge in [-0.2, -0.15) is 0 Å². The van der Waals surface area contributed by atoms with Gasteiger partial charge in [0.05, 0.1) is 18.2 Å². The van der Waals surface area contributed by atoms with Crippen LogP contribution in [-0.4, -0.2) is 24.9 Å². The van der Waals surface area contributed by atoms with E-state index in [1.54, 1.807) is 36.4 Å². The van der Waals surface area contributed by atoms with E-state index in [-0.39, 0.29) is 22.9 Å². The zero-order valence-electron chi connectivity index (χ0n) is 17.3. The van der Waals surface area contributed by atoms with E-state index in [0.717, 1.165) is 5.56 Å². The molecule has 7 heteroatoms. The summed E-state index contributed by atoms with van der Waals surface area (Å²) in [6.07, 6.45) is 1.48. The summed E-state index contributed by atoms with van der Waals surface area (Å²) in [6, 6.07) is 17.7. The van der Waals surface area contributed by atoms with Crippen molar-refractivity contribution in [3.8, 4) is 11.5 Å². The number of rotatable bonds is 5. The second-order valence-electron chi connectivity index (χ2n) is 6.98. The fraction of sp³-hybridized carbons (Fsp3) is 0.0800. The summed E-state index contributed by atoms with van der Waals surface area (Å²) in [7, 11) is 1.44. The number of cyclic esters (lactones) is 1. The molecule has 3 aromatic rings. The summed E-state index contributed by atoms with van der Waals surface area (Å²) in [4.78, 5) is 28.7. The van der Waals surface area contributed by atoms with Gasteiger partial charge in [-0.05, 0) is 55.0 Å². The van der Waals surface area contributed by atoms with Crippen molar-refractivity contribution >= 4 is 23.9 Å². The molecule has 0 bridgehead atoms. The Morgan fingerprint density at radius 1 is 1.03 bits per heavy atom. The number of halogens is 1. The van der Waals surface area contributed by atoms with Crippen LogP contribution < -0.4 is 9.47 Å². The molecule has 0 atom stereocenters. The molecule has 0 aromatic heterocycles. The Morgan fingerprint density at radius 2 is 1.78 bits per heavy atom. The summed E-state index contributed by atoms with van der Waals surface area (Å²) in [6.45, 7) is 1.93. The molecule has 4 rings (SSSR count). The summed E-state index contributed by atoms with van der Waals surface area (Å²) < 4.78 is 29.9. The molecule has 0 amide bonds. The van der Waals surface area contributed by atoms with Crippen LogP contribution in [-0.2, 0) is 9.53 Å². The minimum absolute atomic E-state index is 0.00899.